The Morgan fingerprint density at radius 2 is 2.00 bits per heavy atom. The highest BCUT2D eigenvalue weighted by atomic mass is 127. The molecule has 1 fully saturated rings. The van der Waals surface area contributed by atoms with Crippen LogP contribution in [0.25, 0.3) is 0 Å². The van der Waals surface area contributed by atoms with Crippen molar-refractivity contribution in [2.24, 2.45) is 10.7 Å². The molecule has 1 aliphatic heterocycles. The largest absolute Gasteiger partial charge is 0.370 e. The summed E-state index contributed by atoms with van der Waals surface area (Å²) in [5.41, 5.74) is 7.19. The fraction of sp³-hybridized carbons (Fsp3) is 0.500. The summed E-state index contributed by atoms with van der Waals surface area (Å²) in [6.07, 6.45) is 4.58. The average molecular weight is 473 g/mol. The summed E-state index contributed by atoms with van der Waals surface area (Å²) >= 11 is 9.52. The first kappa shape index (κ1) is 18.0. The van der Waals surface area contributed by atoms with E-state index in [0.29, 0.717) is 12.5 Å². The van der Waals surface area contributed by atoms with Crippen LogP contribution < -0.4 is 5.73 Å². The van der Waals surface area contributed by atoms with E-state index in [9.17, 15) is 0 Å². The Labute approximate surface area is 151 Å². The van der Waals surface area contributed by atoms with Crippen molar-refractivity contribution in [1.29, 1.82) is 0 Å². The highest BCUT2D eigenvalue weighted by Crippen LogP contribution is 2.21. The zero-order chi connectivity index (χ0) is 13.7. The summed E-state index contributed by atoms with van der Waals surface area (Å²) in [6, 6.07) is 5.81. The minimum absolute atomic E-state index is 0. The van der Waals surface area contributed by atoms with Crippen molar-refractivity contribution >= 4 is 57.5 Å². The van der Waals surface area contributed by atoms with Crippen molar-refractivity contribution in [2.45, 2.75) is 25.7 Å². The van der Waals surface area contributed by atoms with Gasteiger partial charge in [-0.2, -0.15) is 0 Å². The molecule has 6 heteroatoms. The number of piperidine rings is 1. The average Bonchev–Trinajstić information content (AvgIpc) is 2.43. The van der Waals surface area contributed by atoms with Crippen molar-refractivity contribution in [3.05, 3.63) is 33.3 Å². The Bertz CT molecular complexity index is 462. The van der Waals surface area contributed by atoms with Crippen molar-refractivity contribution in [1.82, 2.24) is 4.90 Å². The van der Waals surface area contributed by atoms with Crippen LogP contribution in [-0.4, -0.2) is 30.5 Å². The number of hydrogen-bond donors (Lipinski definition) is 1. The highest BCUT2D eigenvalue weighted by molar-refractivity contribution is 14.0. The van der Waals surface area contributed by atoms with Gasteiger partial charge < -0.3 is 10.6 Å². The number of halogens is 3. The Kier molecular flexibility index (Phi) is 8.21. The second-order valence-corrected chi connectivity index (χ2v) is 6.06. The number of rotatable bonds is 3. The number of hydrogen-bond acceptors (Lipinski definition) is 1. The number of guanidine groups is 1. The second kappa shape index (κ2) is 9.10. The van der Waals surface area contributed by atoms with Crippen LogP contribution in [0.3, 0.4) is 0 Å². The molecule has 0 bridgehead atoms. The molecule has 1 aliphatic rings. The lowest BCUT2D eigenvalue weighted by Crippen LogP contribution is -2.41. The van der Waals surface area contributed by atoms with E-state index < -0.39 is 0 Å². The summed E-state index contributed by atoms with van der Waals surface area (Å²) in [5.74, 6) is 0.679. The smallest absolute Gasteiger partial charge is 0.191 e. The van der Waals surface area contributed by atoms with Crippen LogP contribution in [0.1, 0.15) is 24.8 Å². The lowest BCUT2D eigenvalue weighted by atomic mass is 10.1. The van der Waals surface area contributed by atoms with Gasteiger partial charge in [-0.3, -0.25) is 4.99 Å². The van der Waals surface area contributed by atoms with Gasteiger partial charge in [0.2, 0.25) is 0 Å². The molecule has 0 unspecified atom stereocenters. The molecule has 0 spiro atoms. The van der Waals surface area contributed by atoms with E-state index in [-0.39, 0.29) is 24.0 Å². The fourth-order valence-corrected chi connectivity index (χ4v) is 2.89. The lowest BCUT2D eigenvalue weighted by molar-refractivity contribution is 0.338. The molecular weight excluding hydrogens is 452 g/mol. The van der Waals surface area contributed by atoms with Crippen molar-refractivity contribution in [2.75, 3.05) is 19.6 Å². The first-order chi connectivity index (χ1) is 9.16. The summed E-state index contributed by atoms with van der Waals surface area (Å²) in [5, 5.41) is 0.756. The SMILES string of the molecule is I.NC(=NCCc1cc(Cl)ccc1Br)N1CCCCC1. The van der Waals surface area contributed by atoms with Gasteiger partial charge in [0.1, 0.15) is 0 Å². The summed E-state index contributed by atoms with van der Waals surface area (Å²) in [6.45, 7) is 2.77. The lowest BCUT2D eigenvalue weighted by Gasteiger charge is -2.27. The van der Waals surface area contributed by atoms with Crippen LogP contribution in [0.5, 0.6) is 0 Å². The molecule has 0 atom stereocenters. The van der Waals surface area contributed by atoms with Gasteiger partial charge in [-0.25, -0.2) is 0 Å². The van der Waals surface area contributed by atoms with Gasteiger partial charge >= 0.3 is 0 Å². The van der Waals surface area contributed by atoms with Gasteiger partial charge in [0.05, 0.1) is 0 Å². The summed E-state index contributed by atoms with van der Waals surface area (Å²) in [4.78, 5) is 6.65. The molecule has 2 N–H and O–H groups in total. The van der Waals surface area contributed by atoms with Gasteiger partial charge in [-0.1, -0.05) is 27.5 Å². The molecule has 20 heavy (non-hydrogen) atoms. The summed E-state index contributed by atoms with van der Waals surface area (Å²) < 4.78 is 1.07. The van der Waals surface area contributed by atoms with Crippen molar-refractivity contribution in [3.8, 4) is 0 Å². The van der Waals surface area contributed by atoms with E-state index in [1.54, 1.807) is 0 Å². The predicted octanol–water partition coefficient (Wildman–Crippen LogP) is 4.06. The zero-order valence-electron chi connectivity index (χ0n) is 11.3. The topological polar surface area (TPSA) is 41.6 Å². The number of nitrogens with zero attached hydrogens (tertiary/aromatic N) is 2. The standard InChI is InChI=1S/C14H19BrClN3.HI/c15-13-5-4-12(16)10-11(13)6-7-18-14(17)19-8-2-1-3-9-19;/h4-5,10H,1-3,6-9H2,(H2,17,18);1H. The third-order valence-electron chi connectivity index (χ3n) is 3.34. The molecule has 1 saturated heterocycles. The third kappa shape index (κ3) is 5.41. The molecule has 1 aromatic carbocycles. The van der Waals surface area contributed by atoms with Gasteiger partial charge in [-0.05, 0) is 49.4 Å². The number of aliphatic imine (C=N–C) groups is 1. The molecular formula is C14H20BrClIN3. The Morgan fingerprint density at radius 1 is 1.30 bits per heavy atom. The first-order valence-electron chi connectivity index (χ1n) is 6.65. The van der Waals surface area contributed by atoms with Crippen LogP contribution in [0, 0.1) is 0 Å². The number of benzene rings is 1. The Hall–Kier alpha value is -0.0100. The fourth-order valence-electron chi connectivity index (χ4n) is 2.25. The van der Waals surface area contributed by atoms with Crippen LogP contribution in [-0.2, 0) is 6.42 Å². The molecule has 0 aliphatic carbocycles. The zero-order valence-corrected chi connectivity index (χ0v) is 16.0. The maximum atomic E-state index is 6.02. The highest BCUT2D eigenvalue weighted by Gasteiger charge is 2.11. The van der Waals surface area contributed by atoms with Crippen molar-refractivity contribution < 1.29 is 0 Å². The van der Waals surface area contributed by atoms with E-state index in [1.807, 2.05) is 18.2 Å². The number of nitrogens with two attached hydrogens (primary N) is 1. The normalized spacial score (nSPS) is 15.9. The second-order valence-electron chi connectivity index (χ2n) is 4.77. The number of likely N-dealkylation sites (tertiary alicyclic amines) is 1. The van der Waals surface area contributed by atoms with Crippen LogP contribution in [0.15, 0.2) is 27.7 Å². The minimum Gasteiger partial charge on any atom is -0.370 e. The maximum Gasteiger partial charge on any atom is 0.191 e. The van der Waals surface area contributed by atoms with Crippen LogP contribution >= 0.6 is 51.5 Å². The molecule has 0 saturated carbocycles. The molecule has 0 amide bonds. The first-order valence-corrected chi connectivity index (χ1v) is 7.83. The predicted molar refractivity (Wildman–Crippen MR) is 100 cm³/mol. The van der Waals surface area contributed by atoms with E-state index >= 15 is 0 Å². The van der Waals surface area contributed by atoms with Gasteiger partial charge in [0.15, 0.2) is 5.96 Å². The monoisotopic (exact) mass is 471 g/mol. The Balaban J connectivity index is 0.00000200. The molecule has 1 heterocycles. The summed E-state index contributed by atoms with van der Waals surface area (Å²) in [7, 11) is 0. The van der Waals surface area contributed by atoms with E-state index in [1.165, 1.54) is 24.8 Å². The minimum atomic E-state index is 0. The quantitative estimate of drug-likeness (QED) is 0.410. The van der Waals surface area contributed by atoms with Crippen LogP contribution in [0.4, 0.5) is 0 Å². The van der Waals surface area contributed by atoms with Crippen LogP contribution in [0.2, 0.25) is 5.02 Å². The maximum absolute atomic E-state index is 6.02. The van der Waals surface area contributed by atoms with Gasteiger partial charge in [0.25, 0.3) is 0 Å². The molecule has 112 valence electrons. The molecule has 0 radical (unpaired) electrons. The van der Waals surface area contributed by atoms with Gasteiger partial charge in [-0.15, -0.1) is 24.0 Å². The van der Waals surface area contributed by atoms with E-state index in [4.69, 9.17) is 17.3 Å². The van der Waals surface area contributed by atoms with E-state index in [0.717, 1.165) is 29.0 Å². The molecule has 2 rings (SSSR count). The van der Waals surface area contributed by atoms with Crippen molar-refractivity contribution in [3.63, 3.8) is 0 Å². The third-order valence-corrected chi connectivity index (χ3v) is 4.35. The Morgan fingerprint density at radius 3 is 2.70 bits per heavy atom. The van der Waals surface area contributed by atoms with E-state index in [2.05, 4.69) is 25.8 Å². The van der Waals surface area contributed by atoms with Gasteiger partial charge in [0, 0.05) is 29.1 Å². The molecule has 1 aromatic rings. The molecule has 0 aromatic heterocycles. The molecule has 3 nitrogen and oxygen atoms in total.